The van der Waals surface area contributed by atoms with Crippen LogP contribution < -0.4 is 10.6 Å². The molecule has 1 aromatic carbocycles. The van der Waals surface area contributed by atoms with Crippen molar-refractivity contribution in [3.05, 3.63) is 78.0 Å². The van der Waals surface area contributed by atoms with Crippen molar-refractivity contribution in [2.24, 2.45) is 0 Å². The molecule has 0 atom stereocenters. The van der Waals surface area contributed by atoms with Gasteiger partial charge >= 0.3 is 5.97 Å². The number of aromatic nitrogens is 3. The summed E-state index contributed by atoms with van der Waals surface area (Å²) in [5.41, 5.74) is 1.99. The summed E-state index contributed by atoms with van der Waals surface area (Å²) in [7, 11) is 1.30. The van der Waals surface area contributed by atoms with E-state index in [1.54, 1.807) is 36.7 Å². The zero-order valence-electron chi connectivity index (χ0n) is 14.5. The number of carbonyl (C=O) groups is 2. The first-order valence-corrected chi connectivity index (χ1v) is 8.10. The fourth-order valence-electron chi connectivity index (χ4n) is 2.31. The lowest BCUT2D eigenvalue weighted by molar-refractivity contribution is 0.0600. The molecule has 2 heterocycles. The van der Waals surface area contributed by atoms with Crippen molar-refractivity contribution in [3.8, 4) is 0 Å². The molecule has 0 spiro atoms. The molecule has 0 fully saturated rings. The Morgan fingerprint density at radius 2 is 2.00 bits per heavy atom. The van der Waals surface area contributed by atoms with E-state index in [1.807, 2.05) is 12.1 Å². The Morgan fingerprint density at radius 1 is 1.11 bits per heavy atom. The van der Waals surface area contributed by atoms with Gasteiger partial charge in [-0.3, -0.25) is 9.78 Å². The number of amides is 1. The van der Waals surface area contributed by atoms with E-state index >= 15 is 0 Å². The Balaban J connectivity index is 1.67. The van der Waals surface area contributed by atoms with Gasteiger partial charge in [0.1, 0.15) is 17.8 Å². The predicted molar refractivity (Wildman–Crippen MR) is 99.3 cm³/mol. The number of rotatable bonds is 6. The topological polar surface area (TPSA) is 106 Å². The van der Waals surface area contributed by atoms with Crippen LogP contribution in [0.15, 0.2) is 61.2 Å². The number of methoxy groups -OCH3 is 1. The molecular formula is C19H17N5O3. The number of pyridine rings is 1. The molecule has 27 heavy (non-hydrogen) atoms. The van der Waals surface area contributed by atoms with Crippen molar-refractivity contribution in [2.45, 2.75) is 6.54 Å². The van der Waals surface area contributed by atoms with Crippen molar-refractivity contribution in [1.82, 2.24) is 15.0 Å². The summed E-state index contributed by atoms with van der Waals surface area (Å²) in [6.07, 6.45) is 4.76. The number of nitrogens with zero attached hydrogens (tertiary/aromatic N) is 3. The number of ether oxygens (including phenoxy) is 1. The minimum Gasteiger partial charge on any atom is -0.465 e. The number of hydrogen-bond acceptors (Lipinski definition) is 7. The van der Waals surface area contributed by atoms with Crippen molar-refractivity contribution in [2.75, 3.05) is 17.7 Å². The van der Waals surface area contributed by atoms with Gasteiger partial charge in [0.2, 0.25) is 0 Å². The second kappa shape index (κ2) is 8.52. The SMILES string of the molecule is COC(=O)c1cccc(NC(=O)c2cc(NCc3cccnc3)ncn2)c1. The smallest absolute Gasteiger partial charge is 0.337 e. The second-order valence-electron chi connectivity index (χ2n) is 5.53. The number of carbonyl (C=O) groups excluding carboxylic acids is 2. The molecule has 0 saturated carbocycles. The van der Waals surface area contributed by atoms with Gasteiger partial charge < -0.3 is 15.4 Å². The fourth-order valence-corrected chi connectivity index (χ4v) is 2.31. The van der Waals surface area contributed by atoms with E-state index < -0.39 is 11.9 Å². The summed E-state index contributed by atoms with van der Waals surface area (Å²) in [6.45, 7) is 0.521. The summed E-state index contributed by atoms with van der Waals surface area (Å²) in [6, 6.07) is 11.8. The van der Waals surface area contributed by atoms with Gasteiger partial charge in [-0.15, -0.1) is 0 Å². The van der Waals surface area contributed by atoms with Crippen molar-refractivity contribution in [3.63, 3.8) is 0 Å². The van der Waals surface area contributed by atoms with Crippen LogP contribution in [0.5, 0.6) is 0 Å². The Labute approximate surface area is 155 Å². The Hall–Kier alpha value is -3.81. The minimum absolute atomic E-state index is 0.196. The number of anilines is 2. The predicted octanol–water partition coefficient (Wildman–Crippen LogP) is 2.52. The van der Waals surface area contributed by atoms with Crippen LogP contribution in [-0.4, -0.2) is 33.9 Å². The zero-order chi connectivity index (χ0) is 19.1. The Morgan fingerprint density at radius 3 is 2.78 bits per heavy atom. The first kappa shape index (κ1) is 18.0. The summed E-state index contributed by atoms with van der Waals surface area (Å²) >= 11 is 0. The van der Waals surface area contributed by atoms with Crippen LogP contribution in [0.3, 0.4) is 0 Å². The van der Waals surface area contributed by atoms with Crippen molar-refractivity contribution >= 4 is 23.4 Å². The number of hydrogen-bond donors (Lipinski definition) is 2. The molecule has 0 saturated heterocycles. The lowest BCUT2D eigenvalue weighted by atomic mass is 10.2. The Bertz CT molecular complexity index is 947. The quantitative estimate of drug-likeness (QED) is 0.648. The van der Waals surface area contributed by atoms with Crippen LogP contribution >= 0.6 is 0 Å². The van der Waals surface area contributed by atoms with Crippen LogP contribution in [0.25, 0.3) is 0 Å². The van der Waals surface area contributed by atoms with Crippen molar-refractivity contribution < 1.29 is 14.3 Å². The van der Waals surface area contributed by atoms with Crippen molar-refractivity contribution in [1.29, 1.82) is 0 Å². The van der Waals surface area contributed by atoms with E-state index in [2.05, 4.69) is 30.3 Å². The van der Waals surface area contributed by atoms with Gasteiger partial charge in [0.15, 0.2) is 0 Å². The molecule has 0 unspecified atom stereocenters. The van der Waals surface area contributed by atoms with E-state index in [-0.39, 0.29) is 5.69 Å². The molecule has 0 aliphatic rings. The van der Waals surface area contributed by atoms with Gasteiger partial charge in [-0.25, -0.2) is 14.8 Å². The van der Waals surface area contributed by atoms with E-state index in [0.29, 0.717) is 23.6 Å². The highest BCUT2D eigenvalue weighted by molar-refractivity contribution is 6.03. The van der Waals surface area contributed by atoms with Gasteiger partial charge in [-0.1, -0.05) is 12.1 Å². The monoisotopic (exact) mass is 363 g/mol. The van der Waals surface area contributed by atoms with Crippen LogP contribution in [0.2, 0.25) is 0 Å². The fraction of sp³-hybridized carbons (Fsp3) is 0.105. The molecule has 2 N–H and O–H groups in total. The zero-order valence-corrected chi connectivity index (χ0v) is 14.5. The van der Waals surface area contributed by atoms with Gasteiger partial charge in [0.05, 0.1) is 12.7 Å². The molecule has 3 aromatic rings. The highest BCUT2D eigenvalue weighted by Gasteiger charge is 2.11. The van der Waals surface area contributed by atoms with Gasteiger partial charge in [-0.05, 0) is 29.8 Å². The Kier molecular flexibility index (Phi) is 5.68. The molecule has 8 nitrogen and oxygen atoms in total. The summed E-state index contributed by atoms with van der Waals surface area (Å²) in [5.74, 6) is -0.374. The van der Waals surface area contributed by atoms with Gasteiger partial charge in [0, 0.05) is 30.7 Å². The second-order valence-corrected chi connectivity index (χ2v) is 5.53. The van der Waals surface area contributed by atoms with Crippen LogP contribution in [0.1, 0.15) is 26.4 Å². The highest BCUT2D eigenvalue weighted by atomic mass is 16.5. The molecule has 3 rings (SSSR count). The molecule has 2 aromatic heterocycles. The third-order valence-corrected chi connectivity index (χ3v) is 3.64. The standard InChI is InChI=1S/C19H17N5O3/c1-27-19(26)14-5-2-6-15(8-14)24-18(25)16-9-17(23-12-22-16)21-11-13-4-3-7-20-10-13/h2-10,12H,11H2,1H3,(H,24,25)(H,21,22,23). The van der Waals surface area contributed by atoms with Gasteiger partial charge in [0.25, 0.3) is 5.91 Å². The summed E-state index contributed by atoms with van der Waals surface area (Å²) in [5, 5.41) is 5.82. The van der Waals surface area contributed by atoms with Crippen LogP contribution in [-0.2, 0) is 11.3 Å². The maximum absolute atomic E-state index is 12.4. The summed E-state index contributed by atoms with van der Waals surface area (Å²) in [4.78, 5) is 36.2. The van der Waals surface area contributed by atoms with Crippen LogP contribution in [0, 0.1) is 0 Å². The van der Waals surface area contributed by atoms with Gasteiger partial charge in [-0.2, -0.15) is 0 Å². The third-order valence-electron chi connectivity index (χ3n) is 3.64. The highest BCUT2D eigenvalue weighted by Crippen LogP contribution is 2.14. The summed E-state index contributed by atoms with van der Waals surface area (Å²) < 4.78 is 4.68. The average molecular weight is 363 g/mol. The van der Waals surface area contributed by atoms with E-state index in [9.17, 15) is 9.59 Å². The molecular weight excluding hydrogens is 346 g/mol. The molecule has 8 heteroatoms. The number of nitrogens with one attached hydrogen (secondary N) is 2. The minimum atomic E-state index is -0.477. The maximum atomic E-state index is 12.4. The average Bonchev–Trinajstić information content (AvgIpc) is 2.73. The molecule has 0 radical (unpaired) electrons. The first-order chi connectivity index (χ1) is 13.2. The van der Waals surface area contributed by atoms with E-state index in [4.69, 9.17) is 0 Å². The third kappa shape index (κ3) is 4.85. The first-order valence-electron chi connectivity index (χ1n) is 8.10. The molecule has 1 amide bonds. The van der Waals surface area contributed by atoms with E-state index in [0.717, 1.165) is 5.56 Å². The number of benzene rings is 1. The lowest BCUT2D eigenvalue weighted by Gasteiger charge is -2.08. The maximum Gasteiger partial charge on any atom is 0.337 e. The molecule has 0 bridgehead atoms. The molecule has 0 aliphatic carbocycles. The largest absolute Gasteiger partial charge is 0.465 e. The number of esters is 1. The lowest BCUT2D eigenvalue weighted by Crippen LogP contribution is -2.15. The molecule has 136 valence electrons. The van der Waals surface area contributed by atoms with E-state index in [1.165, 1.54) is 19.5 Å². The normalized spacial score (nSPS) is 10.1. The van der Waals surface area contributed by atoms with Crippen LogP contribution in [0.4, 0.5) is 11.5 Å². The molecule has 0 aliphatic heterocycles.